The van der Waals surface area contributed by atoms with E-state index in [0.717, 1.165) is 37.2 Å². The molecule has 3 aromatic rings. The SMILES string of the molecule is O=C(CCc1ccco1)N1CCC(c2nc3ccccc3s2)CC1. The summed E-state index contributed by atoms with van der Waals surface area (Å²) in [4.78, 5) is 19.1. The fourth-order valence-corrected chi connectivity index (χ4v) is 4.42. The van der Waals surface area contributed by atoms with Crippen LogP contribution in [-0.2, 0) is 11.2 Å². The van der Waals surface area contributed by atoms with Gasteiger partial charge < -0.3 is 9.32 Å². The molecule has 124 valence electrons. The Bertz CT molecular complexity index is 784. The van der Waals surface area contributed by atoms with Crippen LogP contribution in [0.4, 0.5) is 0 Å². The van der Waals surface area contributed by atoms with Crippen LogP contribution in [0.5, 0.6) is 0 Å². The number of hydrogen-bond acceptors (Lipinski definition) is 4. The number of nitrogens with zero attached hydrogens (tertiary/aromatic N) is 2. The molecule has 1 aliphatic heterocycles. The number of furan rings is 1. The predicted molar refractivity (Wildman–Crippen MR) is 95.2 cm³/mol. The quantitative estimate of drug-likeness (QED) is 0.714. The number of fused-ring (bicyclic) bond motifs is 1. The van der Waals surface area contributed by atoms with Crippen molar-refractivity contribution in [2.75, 3.05) is 13.1 Å². The van der Waals surface area contributed by atoms with Gasteiger partial charge in [0.15, 0.2) is 0 Å². The summed E-state index contributed by atoms with van der Waals surface area (Å²) < 4.78 is 6.55. The van der Waals surface area contributed by atoms with Crippen molar-refractivity contribution < 1.29 is 9.21 Å². The van der Waals surface area contributed by atoms with E-state index in [2.05, 4.69) is 18.2 Å². The molecular weight excluding hydrogens is 320 g/mol. The molecule has 2 aromatic heterocycles. The largest absolute Gasteiger partial charge is 0.469 e. The second-order valence-corrected chi connectivity index (χ2v) is 7.32. The lowest BCUT2D eigenvalue weighted by atomic mass is 9.97. The highest BCUT2D eigenvalue weighted by Gasteiger charge is 2.25. The third-order valence-corrected chi connectivity index (χ3v) is 5.87. The van der Waals surface area contributed by atoms with Crippen LogP contribution in [-0.4, -0.2) is 28.9 Å². The molecule has 5 heteroatoms. The molecule has 24 heavy (non-hydrogen) atoms. The van der Waals surface area contributed by atoms with E-state index in [1.807, 2.05) is 23.1 Å². The Morgan fingerprint density at radius 2 is 2.04 bits per heavy atom. The Labute approximate surface area is 145 Å². The van der Waals surface area contributed by atoms with E-state index in [1.54, 1.807) is 17.6 Å². The third kappa shape index (κ3) is 3.22. The highest BCUT2D eigenvalue weighted by atomic mass is 32.1. The van der Waals surface area contributed by atoms with Crippen LogP contribution < -0.4 is 0 Å². The van der Waals surface area contributed by atoms with E-state index < -0.39 is 0 Å². The molecule has 0 aliphatic carbocycles. The molecule has 0 atom stereocenters. The van der Waals surface area contributed by atoms with Gasteiger partial charge in [0, 0.05) is 31.8 Å². The third-order valence-electron chi connectivity index (χ3n) is 4.67. The van der Waals surface area contributed by atoms with Crippen molar-refractivity contribution in [3.63, 3.8) is 0 Å². The summed E-state index contributed by atoms with van der Waals surface area (Å²) >= 11 is 1.79. The summed E-state index contributed by atoms with van der Waals surface area (Å²) in [6.45, 7) is 1.66. The predicted octanol–water partition coefficient (Wildman–Crippen LogP) is 4.23. The number of rotatable bonds is 4. The van der Waals surface area contributed by atoms with Gasteiger partial charge in [-0.2, -0.15) is 0 Å². The fourth-order valence-electron chi connectivity index (χ4n) is 3.28. The van der Waals surface area contributed by atoms with Gasteiger partial charge in [-0.3, -0.25) is 4.79 Å². The first kappa shape index (κ1) is 15.4. The summed E-state index contributed by atoms with van der Waals surface area (Å²) in [5.74, 6) is 1.60. The number of carbonyl (C=O) groups is 1. The highest BCUT2D eigenvalue weighted by molar-refractivity contribution is 7.18. The lowest BCUT2D eigenvalue weighted by molar-refractivity contribution is -0.132. The van der Waals surface area contributed by atoms with Crippen molar-refractivity contribution in [1.29, 1.82) is 0 Å². The number of para-hydroxylation sites is 1. The summed E-state index contributed by atoms with van der Waals surface area (Å²) in [5, 5.41) is 1.22. The Kier molecular flexibility index (Phi) is 4.34. The molecular formula is C19H20N2O2S. The van der Waals surface area contributed by atoms with Crippen molar-refractivity contribution in [2.24, 2.45) is 0 Å². The van der Waals surface area contributed by atoms with Gasteiger partial charge in [0.05, 0.1) is 21.5 Å². The second kappa shape index (κ2) is 6.77. The average Bonchev–Trinajstić information content (AvgIpc) is 3.29. The van der Waals surface area contributed by atoms with Crippen LogP contribution in [0.1, 0.15) is 35.9 Å². The molecule has 1 fully saturated rings. The van der Waals surface area contributed by atoms with Gasteiger partial charge in [-0.15, -0.1) is 11.3 Å². The van der Waals surface area contributed by atoms with Gasteiger partial charge in [0.25, 0.3) is 0 Å². The van der Waals surface area contributed by atoms with Gasteiger partial charge in [0.1, 0.15) is 5.76 Å². The zero-order valence-corrected chi connectivity index (χ0v) is 14.3. The first-order valence-corrected chi connectivity index (χ1v) is 9.27. The summed E-state index contributed by atoms with van der Waals surface area (Å²) in [6, 6.07) is 12.1. The maximum absolute atomic E-state index is 12.3. The molecule has 3 heterocycles. The molecule has 1 saturated heterocycles. The maximum Gasteiger partial charge on any atom is 0.223 e. The smallest absolute Gasteiger partial charge is 0.223 e. The highest BCUT2D eigenvalue weighted by Crippen LogP contribution is 2.33. The minimum atomic E-state index is 0.231. The molecule has 0 radical (unpaired) electrons. The Balaban J connectivity index is 1.33. The summed E-state index contributed by atoms with van der Waals surface area (Å²) in [7, 11) is 0. The number of amides is 1. The zero-order chi connectivity index (χ0) is 16.4. The molecule has 0 spiro atoms. The van der Waals surface area contributed by atoms with Crippen LogP contribution in [0.3, 0.4) is 0 Å². The normalized spacial score (nSPS) is 15.9. The number of hydrogen-bond donors (Lipinski definition) is 0. The molecule has 0 saturated carbocycles. The van der Waals surface area contributed by atoms with Crippen molar-refractivity contribution in [1.82, 2.24) is 9.88 Å². The van der Waals surface area contributed by atoms with E-state index in [-0.39, 0.29) is 5.91 Å². The van der Waals surface area contributed by atoms with Gasteiger partial charge >= 0.3 is 0 Å². The molecule has 1 aliphatic rings. The minimum Gasteiger partial charge on any atom is -0.469 e. The molecule has 1 aromatic carbocycles. The molecule has 0 N–H and O–H groups in total. The van der Waals surface area contributed by atoms with Gasteiger partial charge in [-0.1, -0.05) is 12.1 Å². The van der Waals surface area contributed by atoms with Crippen molar-refractivity contribution in [3.8, 4) is 0 Å². The first-order valence-electron chi connectivity index (χ1n) is 8.45. The molecule has 0 unspecified atom stereocenters. The van der Waals surface area contributed by atoms with Crippen molar-refractivity contribution >= 4 is 27.5 Å². The maximum atomic E-state index is 12.3. The number of carbonyl (C=O) groups excluding carboxylic acids is 1. The van der Waals surface area contributed by atoms with E-state index in [9.17, 15) is 4.79 Å². The standard InChI is InChI=1S/C19H20N2O2S/c22-18(8-7-15-4-3-13-23-15)21-11-9-14(10-12-21)19-20-16-5-1-2-6-17(16)24-19/h1-6,13-14H,7-12H2. The van der Waals surface area contributed by atoms with Gasteiger partial charge in [-0.05, 0) is 37.1 Å². The van der Waals surface area contributed by atoms with Crippen LogP contribution in [0.25, 0.3) is 10.2 Å². The average molecular weight is 340 g/mol. The number of benzene rings is 1. The van der Waals surface area contributed by atoms with Gasteiger partial charge in [-0.25, -0.2) is 4.98 Å². The molecule has 0 bridgehead atoms. The van der Waals surface area contributed by atoms with E-state index in [0.29, 0.717) is 18.8 Å². The lowest BCUT2D eigenvalue weighted by Gasteiger charge is -2.31. The van der Waals surface area contributed by atoms with Crippen LogP contribution in [0.2, 0.25) is 0 Å². The van der Waals surface area contributed by atoms with E-state index in [1.165, 1.54) is 9.71 Å². The second-order valence-electron chi connectivity index (χ2n) is 6.25. The minimum absolute atomic E-state index is 0.231. The Morgan fingerprint density at radius 3 is 2.79 bits per heavy atom. The number of likely N-dealkylation sites (tertiary alicyclic amines) is 1. The number of thiazole rings is 1. The molecule has 4 rings (SSSR count). The number of aromatic nitrogens is 1. The zero-order valence-electron chi connectivity index (χ0n) is 13.5. The van der Waals surface area contributed by atoms with Gasteiger partial charge in [0.2, 0.25) is 5.91 Å². The lowest BCUT2D eigenvalue weighted by Crippen LogP contribution is -2.38. The Morgan fingerprint density at radius 1 is 1.21 bits per heavy atom. The van der Waals surface area contributed by atoms with Crippen molar-refractivity contribution in [2.45, 2.75) is 31.6 Å². The van der Waals surface area contributed by atoms with Crippen molar-refractivity contribution in [3.05, 3.63) is 53.4 Å². The fraction of sp³-hybridized carbons (Fsp3) is 0.368. The molecule has 1 amide bonds. The van der Waals surface area contributed by atoms with E-state index >= 15 is 0 Å². The monoisotopic (exact) mass is 340 g/mol. The Hall–Kier alpha value is -2.14. The molecule has 4 nitrogen and oxygen atoms in total. The van der Waals surface area contributed by atoms with Crippen LogP contribution >= 0.6 is 11.3 Å². The summed E-state index contributed by atoms with van der Waals surface area (Å²) in [6.07, 6.45) is 4.88. The number of aryl methyl sites for hydroxylation is 1. The first-order chi connectivity index (χ1) is 11.8. The van der Waals surface area contributed by atoms with E-state index in [4.69, 9.17) is 9.40 Å². The van der Waals surface area contributed by atoms with Crippen LogP contribution in [0, 0.1) is 0 Å². The topological polar surface area (TPSA) is 46.3 Å². The number of piperidine rings is 1. The van der Waals surface area contributed by atoms with Crippen LogP contribution in [0.15, 0.2) is 47.1 Å². The summed E-state index contributed by atoms with van der Waals surface area (Å²) in [5.41, 5.74) is 1.09.